The molecule has 0 spiro atoms. The molecule has 4 rings (SSSR count). The molecule has 1 saturated heterocycles. The van der Waals surface area contributed by atoms with Gasteiger partial charge in [-0.1, -0.05) is 6.07 Å². The molecule has 1 atom stereocenters. The Morgan fingerprint density at radius 1 is 0.852 bits per heavy atom. The largest absolute Gasteiger partial charge is 0.491 e. The van der Waals surface area contributed by atoms with Gasteiger partial charge in [0.05, 0.1) is 12.7 Å². The molecule has 27 heavy (non-hydrogen) atoms. The molecule has 1 aromatic carbocycles. The summed E-state index contributed by atoms with van der Waals surface area (Å²) < 4.78 is 39.6. The molecule has 0 N–H and O–H groups in total. The summed E-state index contributed by atoms with van der Waals surface area (Å²) in [5.74, 6) is 1.01. The minimum Gasteiger partial charge on any atom is -0.491 e. The second-order valence-corrected chi connectivity index (χ2v) is 8.70. The van der Waals surface area contributed by atoms with Gasteiger partial charge >= 0.3 is 0 Å². The Morgan fingerprint density at radius 2 is 1.44 bits per heavy atom. The Labute approximate surface area is 161 Å². The fraction of sp³-hybridized carbons (Fsp3) is 0.739. The summed E-state index contributed by atoms with van der Waals surface area (Å²) in [6.07, 6.45) is 11.3. The molecule has 3 aliphatic rings. The van der Waals surface area contributed by atoms with E-state index in [1.165, 1.54) is 32.1 Å². The van der Waals surface area contributed by atoms with Gasteiger partial charge in [-0.2, -0.15) is 4.39 Å². The smallest absolute Gasteiger partial charge is 0.200 e. The molecule has 150 valence electrons. The van der Waals surface area contributed by atoms with Crippen LogP contribution < -0.4 is 4.74 Å². The summed E-state index contributed by atoms with van der Waals surface area (Å²) in [6, 6.07) is 3.32. The van der Waals surface area contributed by atoms with Crippen LogP contribution in [0.15, 0.2) is 12.1 Å². The summed E-state index contributed by atoms with van der Waals surface area (Å²) in [7, 11) is 0. The Kier molecular flexibility index (Phi) is 6.01. The van der Waals surface area contributed by atoms with Crippen molar-refractivity contribution in [3.63, 3.8) is 0 Å². The van der Waals surface area contributed by atoms with Gasteiger partial charge in [-0.15, -0.1) is 0 Å². The van der Waals surface area contributed by atoms with Crippen LogP contribution in [0.25, 0.3) is 0 Å². The van der Waals surface area contributed by atoms with E-state index in [2.05, 4.69) is 0 Å². The van der Waals surface area contributed by atoms with Crippen LogP contribution in [0.1, 0.15) is 76.2 Å². The Hall–Kier alpha value is -1.16. The molecule has 1 aliphatic heterocycles. The highest BCUT2D eigenvalue weighted by molar-refractivity contribution is 5.33. The van der Waals surface area contributed by atoms with Crippen molar-refractivity contribution in [3.05, 3.63) is 29.3 Å². The van der Waals surface area contributed by atoms with Crippen molar-refractivity contribution in [2.75, 3.05) is 13.2 Å². The van der Waals surface area contributed by atoms with Gasteiger partial charge in [-0.25, -0.2) is 4.39 Å². The van der Waals surface area contributed by atoms with Gasteiger partial charge in [0.15, 0.2) is 11.6 Å². The molecule has 2 nitrogen and oxygen atoms in total. The maximum Gasteiger partial charge on any atom is 0.200 e. The van der Waals surface area contributed by atoms with Gasteiger partial charge in [0.25, 0.3) is 0 Å². The van der Waals surface area contributed by atoms with E-state index >= 15 is 0 Å². The molecule has 0 radical (unpaired) electrons. The Morgan fingerprint density at radius 3 is 2.00 bits per heavy atom. The summed E-state index contributed by atoms with van der Waals surface area (Å²) >= 11 is 0. The molecule has 1 unspecified atom stereocenters. The highest BCUT2D eigenvalue weighted by Crippen LogP contribution is 2.46. The molecule has 1 heterocycles. The van der Waals surface area contributed by atoms with Crippen molar-refractivity contribution in [2.24, 2.45) is 17.8 Å². The molecule has 2 aliphatic carbocycles. The summed E-state index contributed by atoms with van der Waals surface area (Å²) in [4.78, 5) is 0. The van der Waals surface area contributed by atoms with Crippen LogP contribution in [0.3, 0.4) is 0 Å². The molecule has 3 fully saturated rings. The lowest BCUT2D eigenvalue weighted by atomic mass is 9.67. The van der Waals surface area contributed by atoms with E-state index in [1.54, 1.807) is 19.1 Å². The van der Waals surface area contributed by atoms with Crippen molar-refractivity contribution in [1.29, 1.82) is 0 Å². The average Bonchev–Trinajstić information content (AvgIpc) is 2.65. The zero-order valence-electron chi connectivity index (χ0n) is 16.4. The summed E-state index contributed by atoms with van der Waals surface area (Å²) in [5, 5.41) is 0. The minimum absolute atomic E-state index is 0.0274. The number of benzene rings is 1. The molecule has 0 amide bonds. The van der Waals surface area contributed by atoms with E-state index in [9.17, 15) is 8.78 Å². The quantitative estimate of drug-likeness (QED) is 0.604. The van der Waals surface area contributed by atoms with Crippen molar-refractivity contribution in [1.82, 2.24) is 0 Å². The predicted octanol–water partition coefficient (Wildman–Crippen LogP) is 6.23. The second-order valence-electron chi connectivity index (χ2n) is 8.70. The van der Waals surface area contributed by atoms with Gasteiger partial charge in [0.1, 0.15) is 0 Å². The lowest BCUT2D eigenvalue weighted by Crippen LogP contribution is -2.37. The van der Waals surface area contributed by atoms with E-state index in [0.717, 1.165) is 50.0 Å². The third-order valence-corrected chi connectivity index (χ3v) is 7.33. The molecule has 2 saturated carbocycles. The molecular weight excluding hydrogens is 346 g/mol. The maximum atomic E-state index is 14.5. The summed E-state index contributed by atoms with van der Waals surface area (Å²) in [5.41, 5.74) is 0.542. The van der Waals surface area contributed by atoms with E-state index < -0.39 is 11.6 Å². The molecule has 0 aromatic heterocycles. The normalized spacial score (nSPS) is 34.1. The first-order chi connectivity index (χ1) is 13.2. The Bertz CT molecular complexity index is 628. The summed E-state index contributed by atoms with van der Waals surface area (Å²) in [6.45, 7) is 3.08. The van der Waals surface area contributed by atoms with Gasteiger partial charge < -0.3 is 9.47 Å². The fourth-order valence-electron chi connectivity index (χ4n) is 5.64. The molecule has 4 heteroatoms. The third kappa shape index (κ3) is 4.01. The third-order valence-electron chi connectivity index (χ3n) is 7.33. The minimum atomic E-state index is -0.826. The standard InChI is InChI=1S/C23H32F2O2/c1-2-26-21-12-11-19(22(24)23(21)25)17-7-3-15(4-8-17)16-5-9-18(10-6-16)20-13-14-27-20/h11-12,15-18,20H,2-10,13-14H2,1H3. The van der Waals surface area contributed by atoms with E-state index in [-0.39, 0.29) is 11.7 Å². The van der Waals surface area contributed by atoms with Crippen LogP contribution >= 0.6 is 0 Å². The molecule has 0 bridgehead atoms. The first-order valence-electron chi connectivity index (χ1n) is 10.9. The van der Waals surface area contributed by atoms with Crippen molar-refractivity contribution < 1.29 is 18.3 Å². The SMILES string of the molecule is CCOc1ccc(C2CCC(C3CCC(C4CCO4)CC3)CC2)c(F)c1F. The van der Waals surface area contributed by atoms with Crippen LogP contribution in [0, 0.1) is 29.4 Å². The zero-order valence-corrected chi connectivity index (χ0v) is 16.4. The zero-order chi connectivity index (χ0) is 18.8. The van der Waals surface area contributed by atoms with Crippen molar-refractivity contribution >= 4 is 0 Å². The number of halogens is 2. The van der Waals surface area contributed by atoms with E-state index in [1.807, 2.05) is 0 Å². The second kappa shape index (κ2) is 8.46. The van der Waals surface area contributed by atoms with Crippen LogP contribution in [0.2, 0.25) is 0 Å². The first-order valence-corrected chi connectivity index (χ1v) is 10.9. The predicted molar refractivity (Wildman–Crippen MR) is 102 cm³/mol. The van der Waals surface area contributed by atoms with Crippen LogP contribution in [0.5, 0.6) is 5.75 Å². The average molecular weight is 379 g/mol. The number of hydrogen-bond acceptors (Lipinski definition) is 2. The van der Waals surface area contributed by atoms with Crippen LogP contribution in [-0.2, 0) is 4.74 Å². The fourth-order valence-corrected chi connectivity index (χ4v) is 5.64. The highest BCUT2D eigenvalue weighted by Gasteiger charge is 2.36. The lowest BCUT2D eigenvalue weighted by molar-refractivity contribution is -0.0964. The molecular formula is C23H32F2O2. The van der Waals surface area contributed by atoms with Gasteiger partial charge in [-0.3, -0.25) is 0 Å². The topological polar surface area (TPSA) is 18.5 Å². The molecule has 1 aromatic rings. The van der Waals surface area contributed by atoms with E-state index in [4.69, 9.17) is 9.47 Å². The van der Waals surface area contributed by atoms with Crippen LogP contribution in [-0.4, -0.2) is 19.3 Å². The lowest BCUT2D eigenvalue weighted by Gasteiger charge is -2.42. The number of hydrogen-bond donors (Lipinski definition) is 0. The van der Waals surface area contributed by atoms with Crippen LogP contribution in [0.4, 0.5) is 8.78 Å². The van der Waals surface area contributed by atoms with E-state index in [0.29, 0.717) is 18.3 Å². The number of rotatable bonds is 5. The first kappa shape index (κ1) is 19.2. The van der Waals surface area contributed by atoms with Crippen molar-refractivity contribution in [2.45, 2.75) is 76.7 Å². The Balaban J connectivity index is 1.31. The monoisotopic (exact) mass is 378 g/mol. The number of ether oxygens (including phenoxy) is 2. The van der Waals surface area contributed by atoms with Gasteiger partial charge in [0.2, 0.25) is 5.82 Å². The van der Waals surface area contributed by atoms with Gasteiger partial charge in [0, 0.05) is 6.61 Å². The van der Waals surface area contributed by atoms with Gasteiger partial charge in [-0.05, 0) is 100 Å². The van der Waals surface area contributed by atoms with Crippen molar-refractivity contribution in [3.8, 4) is 5.75 Å². The highest BCUT2D eigenvalue weighted by atomic mass is 19.2. The maximum absolute atomic E-state index is 14.5.